The molecule has 0 aromatic heterocycles. The Kier molecular flexibility index (Phi) is 4.49. The molecule has 0 amide bonds. The Morgan fingerprint density at radius 3 is 2.75 bits per heavy atom. The summed E-state index contributed by atoms with van der Waals surface area (Å²) in [5.41, 5.74) is 1.71. The van der Waals surface area contributed by atoms with Crippen LogP contribution >= 0.6 is 0 Å². The van der Waals surface area contributed by atoms with Crippen LogP contribution < -0.4 is 0 Å². The maximum atomic E-state index is 2.51. The molecule has 12 heavy (non-hydrogen) atoms. The van der Waals surface area contributed by atoms with Crippen LogP contribution in [0.25, 0.3) is 0 Å². The first-order valence-corrected chi connectivity index (χ1v) is 13.9. The molecular weight excluding hydrogens is 311 g/mol. The van der Waals surface area contributed by atoms with Gasteiger partial charge < -0.3 is 0 Å². The molecular formula is C11H19Hf. The van der Waals surface area contributed by atoms with Gasteiger partial charge in [-0.3, -0.25) is 0 Å². The molecule has 1 aliphatic rings. The van der Waals surface area contributed by atoms with Crippen molar-refractivity contribution in [3.8, 4) is 0 Å². The minimum atomic E-state index is -1.17. The number of unbranched alkanes of at least 4 members (excludes halogenated alkanes) is 1. The van der Waals surface area contributed by atoms with Crippen molar-refractivity contribution in [2.45, 2.75) is 42.0 Å². The molecule has 1 heteroatoms. The Labute approximate surface area is 84.3 Å². The fourth-order valence-corrected chi connectivity index (χ4v) is 6.62. The van der Waals surface area contributed by atoms with Crippen molar-refractivity contribution in [1.29, 1.82) is 0 Å². The predicted octanol–water partition coefficient (Wildman–Crippen LogP) is 4.11. The van der Waals surface area contributed by atoms with Crippen LogP contribution in [0.5, 0.6) is 0 Å². The van der Waals surface area contributed by atoms with Crippen LogP contribution in [0.2, 0.25) is 9.36 Å². The summed E-state index contributed by atoms with van der Waals surface area (Å²) in [6.45, 7) is 2.28. The van der Waals surface area contributed by atoms with Gasteiger partial charge in [-0.25, -0.2) is 0 Å². The van der Waals surface area contributed by atoms with Crippen LogP contribution in [-0.4, -0.2) is 0 Å². The van der Waals surface area contributed by atoms with Gasteiger partial charge in [-0.05, 0) is 0 Å². The van der Waals surface area contributed by atoms with E-state index >= 15 is 0 Å². The third-order valence-electron chi connectivity index (χ3n) is 2.43. The number of hydrogen-bond donors (Lipinski definition) is 0. The van der Waals surface area contributed by atoms with E-state index in [1.54, 1.807) is 5.57 Å². The van der Waals surface area contributed by atoms with E-state index < -0.39 is 21.4 Å². The van der Waals surface area contributed by atoms with Gasteiger partial charge in [0.2, 0.25) is 0 Å². The molecule has 0 heterocycles. The van der Waals surface area contributed by atoms with Gasteiger partial charge in [0.1, 0.15) is 0 Å². The summed E-state index contributed by atoms with van der Waals surface area (Å²) in [6.07, 6.45) is 10.1. The fourth-order valence-electron chi connectivity index (χ4n) is 1.68. The third-order valence-corrected chi connectivity index (χ3v) is 8.66. The third kappa shape index (κ3) is 2.69. The Morgan fingerprint density at radius 2 is 2.17 bits per heavy atom. The van der Waals surface area contributed by atoms with E-state index in [4.69, 9.17) is 0 Å². The van der Waals surface area contributed by atoms with Crippen molar-refractivity contribution >= 4 is 0 Å². The summed E-state index contributed by atoms with van der Waals surface area (Å²) in [5, 5.41) is 0. The average molecular weight is 330 g/mol. The molecule has 0 nitrogen and oxygen atoms in total. The van der Waals surface area contributed by atoms with E-state index in [1.807, 2.05) is 3.33 Å². The maximum absolute atomic E-state index is 2.51. The van der Waals surface area contributed by atoms with Crippen LogP contribution in [0, 0.1) is 0 Å². The molecule has 0 aliphatic heterocycles. The van der Waals surface area contributed by atoms with E-state index in [2.05, 4.69) is 28.4 Å². The second-order valence-electron chi connectivity index (χ2n) is 3.71. The topological polar surface area (TPSA) is 0 Å². The van der Waals surface area contributed by atoms with E-state index in [9.17, 15) is 0 Å². The predicted molar refractivity (Wildman–Crippen MR) is 52.0 cm³/mol. The monoisotopic (exact) mass is 331 g/mol. The van der Waals surface area contributed by atoms with Gasteiger partial charge in [0.05, 0.1) is 0 Å². The van der Waals surface area contributed by atoms with Crippen molar-refractivity contribution in [2.75, 3.05) is 0 Å². The second kappa shape index (κ2) is 5.16. The molecule has 0 bridgehead atoms. The fraction of sp³-hybridized carbons (Fsp3) is 0.636. The van der Waals surface area contributed by atoms with Gasteiger partial charge in [-0.15, -0.1) is 0 Å². The molecule has 1 rings (SSSR count). The first kappa shape index (κ1) is 10.4. The second-order valence-corrected chi connectivity index (χ2v) is 13.1. The van der Waals surface area contributed by atoms with Gasteiger partial charge >= 0.3 is 84.5 Å². The van der Waals surface area contributed by atoms with Gasteiger partial charge in [0.25, 0.3) is 0 Å². The van der Waals surface area contributed by atoms with Crippen molar-refractivity contribution < 1.29 is 21.4 Å². The molecule has 0 radical (unpaired) electrons. The molecule has 0 aromatic rings. The Hall–Kier alpha value is 0.350. The first-order valence-electron chi connectivity index (χ1n) is 4.94. The summed E-state index contributed by atoms with van der Waals surface area (Å²) in [5.74, 6) is 0. The van der Waals surface area contributed by atoms with E-state index in [1.165, 1.54) is 25.7 Å². The summed E-state index contributed by atoms with van der Waals surface area (Å²) in [6, 6.07) is 0. The molecule has 0 spiro atoms. The molecule has 0 unspecified atom stereocenters. The number of rotatable bonds is 4. The molecule has 0 fully saturated rings. The summed E-state index contributed by atoms with van der Waals surface area (Å²) in [4.78, 5) is 0. The standard InChI is InChI=1S/C9H13.2CH3.Hf/c1-2-3-6-9-7-4-5-8-9;;;/h4,7H,2-3,5-6H2,1H3;2*1H3;. The van der Waals surface area contributed by atoms with Crippen LogP contribution in [0.15, 0.2) is 21.1 Å². The molecule has 1 aliphatic carbocycles. The van der Waals surface area contributed by atoms with Crippen LogP contribution in [-0.2, 0) is 21.4 Å². The van der Waals surface area contributed by atoms with Gasteiger partial charge in [0.15, 0.2) is 0 Å². The molecule has 0 N–H and O–H groups in total. The summed E-state index contributed by atoms with van der Waals surface area (Å²) >= 11 is -1.17. The van der Waals surface area contributed by atoms with Crippen molar-refractivity contribution in [3.05, 3.63) is 21.1 Å². The average Bonchev–Trinajstić information content (AvgIpc) is 2.48. The molecule has 0 atom stereocenters. The zero-order valence-corrected chi connectivity index (χ0v) is 12.1. The molecule has 0 saturated heterocycles. The normalized spacial score (nSPS) is 15.9. The van der Waals surface area contributed by atoms with Gasteiger partial charge in [-0.1, -0.05) is 0 Å². The van der Waals surface area contributed by atoms with Crippen molar-refractivity contribution in [3.63, 3.8) is 0 Å². The SMILES string of the molecule is CCCCC1=[C]([Hf]([CH3])[CH3])CC=C1. The van der Waals surface area contributed by atoms with E-state index in [0.29, 0.717) is 0 Å². The minimum absolute atomic E-state index is 1.17. The van der Waals surface area contributed by atoms with Crippen LogP contribution in [0.1, 0.15) is 32.6 Å². The van der Waals surface area contributed by atoms with Crippen molar-refractivity contribution in [2.24, 2.45) is 0 Å². The number of hydrogen-bond acceptors (Lipinski definition) is 0. The van der Waals surface area contributed by atoms with Crippen LogP contribution in [0.4, 0.5) is 0 Å². The summed E-state index contributed by atoms with van der Waals surface area (Å²) < 4.78 is 6.91. The summed E-state index contributed by atoms with van der Waals surface area (Å²) in [7, 11) is 0. The first-order chi connectivity index (χ1) is 5.75. The Bertz CT molecular complexity index is 199. The molecule has 0 saturated carbocycles. The zero-order chi connectivity index (χ0) is 8.97. The quantitative estimate of drug-likeness (QED) is 0.681. The van der Waals surface area contributed by atoms with Crippen molar-refractivity contribution in [1.82, 2.24) is 0 Å². The Morgan fingerprint density at radius 1 is 1.42 bits per heavy atom. The van der Waals surface area contributed by atoms with Gasteiger partial charge in [0, 0.05) is 0 Å². The molecule has 67 valence electrons. The number of allylic oxidation sites excluding steroid dienone is 4. The molecule has 0 aromatic carbocycles. The van der Waals surface area contributed by atoms with Crippen LogP contribution in [0.3, 0.4) is 0 Å². The van der Waals surface area contributed by atoms with E-state index in [-0.39, 0.29) is 0 Å². The van der Waals surface area contributed by atoms with E-state index in [0.717, 1.165) is 0 Å². The van der Waals surface area contributed by atoms with Gasteiger partial charge in [-0.2, -0.15) is 0 Å². The zero-order valence-electron chi connectivity index (χ0n) is 8.48. The Balaban J connectivity index is 2.56.